The fraction of sp³-hybridized carbons (Fsp3) is 0.500. The Hall–Kier alpha value is -1.88. The average molecular weight is 289 g/mol. The fourth-order valence-corrected chi connectivity index (χ4v) is 2.86. The van der Waals surface area contributed by atoms with Crippen LogP contribution in [0.1, 0.15) is 35.7 Å². The zero-order valence-electron chi connectivity index (χ0n) is 12.1. The van der Waals surface area contributed by atoms with Crippen LogP contribution in [-0.2, 0) is 20.7 Å². The third-order valence-electron chi connectivity index (χ3n) is 4.08. The summed E-state index contributed by atoms with van der Waals surface area (Å²) in [5.41, 5.74) is 0.245. The van der Waals surface area contributed by atoms with E-state index in [1.807, 2.05) is 12.1 Å². The second kappa shape index (κ2) is 5.48. The molecule has 1 amide bonds. The van der Waals surface area contributed by atoms with Crippen LogP contribution in [0.15, 0.2) is 24.3 Å². The molecule has 5 nitrogen and oxygen atoms in total. The largest absolute Gasteiger partial charge is 0.445 e. The van der Waals surface area contributed by atoms with Gasteiger partial charge in [0.25, 0.3) is 5.91 Å². The summed E-state index contributed by atoms with van der Waals surface area (Å²) in [5.74, 6) is -0.701. The molecule has 2 heterocycles. The van der Waals surface area contributed by atoms with Gasteiger partial charge in [0.2, 0.25) is 0 Å². The number of carbonyl (C=O) groups is 2. The first kappa shape index (κ1) is 14.1. The third-order valence-corrected chi connectivity index (χ3v) is 4.08. The van der Waals surface area contributed by atoms with Gasteiger partial charge < -0.3 is 14.8 Å². The number of carbonyl (C=O) groups excluding carboxylic acids is 2. The summed E-state index contributed by atoms with van der Waals surface area (Å²) in [6.07, 6.45) is 2.45. The first-order valence-corrected chi connectivity index (χ1v) is 7.30. The molecule has 2 unspecified atom stereocenters. The highest BCUT2D eigenvalue weighted by Crippen LogP contribution is 2.28. The van der Waals surface area contributed by atoms with E-state index in [2.05, 4.69) is 5.32 Å². The molecule has 0 radical (unpaired) electrons. The Labute approximate surface area is 123 Å². The van der Waals surface area contributed by atoms with E-state index < -0.39 is 11.6 Å². The summed E-state index contributed by atoms with van der Waals surface area (Å²) in [5, 5.41) is 2.85. The topological polar surface area (TPSA) is 64.6 Å². The molecular formula is C16H19NO4. The summed E-state index contributed by atoms with van der Waals surface area (Å²) in [7, 11) is 0. The SMILES string of the molecule is CC1(C(=O)NCC2CCCO2)Cc2ccccc2C(=O)O1. The number of fused-ring (bicyclic) bond motifs is 1. The predicted molar refractivity (Wildman–Crippen MR) is 76.0 cm³/mol. The van der Waals surface area contributed by atoms with Gasteiger partial charge in [-0.05, 0) is 31.4 Å². The molecule has 2 atom stereocenters. The Morgan fingerprint density at radius 1 is 1.43 bits per heavy atom. The number of nitrogens with one attached hydrogen (secondary N) is 1. The molecule has 0 aliphatic carbocycles. The number of esters is 1. The summed E-state index contributed by atoms with van der Waals surface area (Å²) < 4.78 is 10.9. The molecule has 0 saturated carbocycles. The molecule has 3 rings (SSSR count). The van der Waals surface area contributed by atoms with E-state index in [1.54, 1.807) is 19.1 Å². The Balaban J connectivity index is 1.69. The zero-order chi connectivity index (χ0) is 14.9. The van der Waals surface area contributed by atoms with Crippen molar-refractivity contribution >= 4 is 11.9 Å². The highest BCUT2D eigenvalue weighted by Gasteiger charge is 2.42. The zero-order valence-corrected chi connectivity index (χ0v) is 12.1. The van der Waals surface area contributed by atoms with Crippen molar-refractivity contribution in [1.82, 2.24) is 5.32 Å². The van der Waals surface area contributed by atoms with Crippen molar-refractivity contribution in [3.05, 3.63) is 35.4 Å². The molecule has 1 aromatic rings. The van der Waals surface area contributed by atoms with E-state index >= 15 is 0 Å². The molecule has 5 heteroatoms. The molecule has 1 N–H and O–H groups in total. The lowest BCUT2D eigenvalue weighted by molar-refractivity contribution is -0.140. The van der Waals surface area contributed by atoms with Crippen LogP contribution in [0, 0.1) is 0 Å². The van der Waals surface area contributed by atoms with E-state index in [-0.39, 0.29) is 12.0 Å². The maximum absolute atomic E-state index is 12.4. The summed E-state index contributed by atoms with van der Waals surface area (Å²) in [6, 6.07) is 7.24. The maximum Gasteiger partial charge on any atom is 0.339 e. The number of amides is 1. The molecule has 2 aliphatic rings. The first-order valence-electron chi connectivity index (χ1n) is 7.30. The Kier molecular flexibility index (Phi) is 3.68. The van der Waals surface area contributed by atoms with Gasteiger partial charge in [-0.3, -0.25) is 4.79 Å². The van der Waals surface area contributed by atoms with Crippen LogP contribution >= 0.6 is 0 Å². The molecule has 0 aromatic heterocycles. The van der Waals surface area contributed by atoms with Gasteiger partial charge in [-0.25, -0.2) is 4.79 Å². The number of hydrogen-bond acceptors (Lipinski definition) is 4. The lowest BCUT2D eigenvalue weighted by atomic mass is 9.89. The van der Waals surface area contributed by atoms with E-state index in [0.717, 1.165) is 25.0 Å². The second-order valence-electron chi connectivity index (χ2n) is 5.80. The van der Waals surface area contributed by atoms with Gasteiger partial charge in [0.15, 0.2) is 5.60 Å². The third kappa shape index (κ3) is 2.78. The number of rotatable bonds is 3. The van der Waals surface area contributed by atoms with Gasteiger partial charge in [0.1, 0.15) is 0 Å². The monoisotopic (exact) mass is 289 g/mol. The minimum atomic E-state index is -1.15. The quantitative estimate of drug-likeness (QED) is 0.856. The van der Waals surface area contributed by atoms with Crippen molar-refractivity contribution in [3.8, 4) is 0 Å². The predicted octanol–water partition coefficient (Wildman–Crippen LogP) is 1.45. The van der Waals surface area contributed by atoms with Crippen molar-refractivity contribution in [2.24, 2.45) is 0 Å². The fourth-order valence-electron chi connectivity index (χ4n) is 2.86. The van der Waals surface area contributed by atoms with Gasteiger partial charge in [-0.2, -0.15) is 0 Å². The number of benzene rings is 1. The van der Waals surface area contributed by atoms with E-state index in [4.69, 9.17) is 9.47 Å². The highest BCUT2D eigenvalue weighted by atomic mass is 16.6. The molecule has 21 heavy (non-hydrogen) atoms. The van der Waals surface area contributed by atoms with Crippen molar-refractivity contribution in [3.63, 3.8) is 0 Å². The lowest BCUT2D eigenvalue weighted by Gasteiger charge is -2.33. The molecule has 1 aromatic carbocycles. The van der Waals surface area contributed by atoms with Gasteiger partial charge in [-0.1, -0.05) is 18.2 Å². The number of hydrogen-bond donors (Lipinski definition) is 1. The van der Waals surface area contributed by atoms with Crippen LogP contribution in [0.3, 0.4) is 0 Å². The van der Waals surface area contributed by atoms with Gasteiger partial charge in [-0.15, -0.1) is 0 Å². The molecule has 1 fully saturated rings. The van der Waals surface area contributed by atoms with Crippen molar-refractivity contribution in [2.75, 3.05) is 13.2 Å². The average Bonchev–Trinajstić information content (AvgIpc) is 2.98. The van der Waals surface area contributed by atoms with Crippen molar-refractivity contribution in [2.45, 2.75) is 37.9 Å². The Morgan fingerprint density at radius 2 is 2.24 bits per heavy atom. The van der Waals surface area contributed by atoms with E-state index in [9.17, 15) is 9.59 Å². The number of cyclic esters (lactones) is 1. The van der Waals surface area contributed by atoms with Crippen molar-refractivity contribution < 1.29 is 19.1 Å². The van der Waals surface area contributed by atoms with Crippen LogP contribution < -0.4 is 5.32 Å². The minimum Gasteiger partial charge on any atom is -0.445 e. The summed E-state index contributed by atoms with van der Waals surface area (Å²) in [6.45, 7) is 2.87. The first-order chi connectivity index (χ1) is 10.1. The van der Waals surface area contributed by atoms with Gasteiger partial charge in [0, 0.05) is 19.6 Å². The highest BCUT2D eigenvalue weighted by molar-refractivity contribution is 5.97. The van der Waals surface area contributed by atoms with Gasteiger partial charge in [0.05, 0.1) is 11.7 Å². The summed E-state index contributed by atoms with van der Waals surface area (Å²) in [4.78, 5) is 24.4. The standard InChI is InChI=1S/C16H19NO4/c1-16(15(19)17-10-12-6-4-8-20-12)9-11-5-2-3-7-13(11)14(18)21-16/h2-3,5,7,12H,4,6,8-10H2,1H3,(H,17,19). The van der Waals surface area contributed by atoms with Crippen LogP contribution in [0.2, 0.25) is 0 Å². The smallest absolute Gasteiger partial charge is 0.339 e. The number of ether oxygens (including phenoxy) is 2. The maximum atomic E-state index is 12.4. The molecule has 112 valence electrons. The molecular weight excluding hydrogens is 270 g/mol. The Bertz CT molecular complexity index is 565. The normalized spacial score (nSPS) is 27.9. The van der Waals surface area contributed by atoms with Gasteiger partial charge >= 0.3 is 5.97 Å². The molecule has 0 spiro atoms. The Morgan fingerprint density at radius 3 is 3.00 bits per heavy atom. The van der Waals surface area contributed by atoms with E-state index in [1.165, 1.54) is 0 Å². The van der Waals surface area contributed by atoms with Crippen molar-refractivity contribution in [1.29, 1.82) is 0 Å². The molecule has 0 bridgehead atoms. The second-order valence-corrected chi connectivity index (χ2v) is 5.80. The lowest BCUT2D eigenvalue weighted by Crippen LogP contribution is -2.52. The van der Waals surface area contributed by atoms with Crippen LogP contribution in [0.4, 0.5) is 0 Å². The minimum absolute atomic E-state index is 0.0733. The molecule has 1 saturated heterocycles. The van der Waals surface area contributed by atoms with Crippen LogP contribution in [-0.4, -0.2) is 36.7 Å². The molecule has 2 aliphatic heterocycles. The van der Waals surface area contributed by atoms with Crippen LogP contribution in [0.5, 0.6) is 0 Å². The van der Waals surface area contributed by atoms with Crippen LogP contribution in [0.25, 0.3) is 0 Å². The van der Waals surface area contributed by atoms with E-state index in [0.29, 0.717) is 18.5 Å². The summed E-state index contributed by atoms with van der Waals surface area (Å²) >= 11 is 0.